The molecule has 0 spiro atoms. The van der Waals surface area contributed by atoms with Gasteiger partial charge < -0.3 is 9.05 Å². The molecule has 0 fully saturated rings. The second-order valence-corrected chi connectivity index (χ2v) is 7.80. The average Bonchev–Trinajstić information content (AvgIpc) is 2.46. The summed E-state index contributed by atoms with van der Waals surface area (Å²) in [6, 6.07) is 3.64. The van der Waals surface area contributed by atoms with Crippen LogP contribution < -0.4 is 0 Å². The fraction of sp³-hybridized carbons (Fsp3) is 0.429. The van der Waals surface area contributed by atoms with Gasteiger partial charge in [0.05, 0.1) is 22.7 Å². The smallest absolute Gasteiger partial charge is 0.305 e. The average molecular weight is 345 g/mol. The third-order valence-electron chi connectivity index (χ3n) is 2.39. The van der Waals surface area contributed by atoms with Gasteiger partial charge in [-0.3, -0.25) is 9.55 Å². The molecule has 0 atom stereocenters. The maximum absolute atomic E-state index is 13.0. The van der Waals surface area contributed by atoms with E-state index in [2.05, 4.69) is 4.98 Å². The lowest BCUT2D eigenvalue weighted by atomic mass is 10.2. The number of hydrogen-bond acceptors (Lipinski definition) is 6. The molecule has 0 saturated carbocycles. The Kier molecular flexibility index (Phi) is 8.37. The van der Waals surface area contributed by atoms with Crippen molar-refractivity contribution in [1.29, 1.82) is 0 Å². The van der Waals surface area contributed by atoms with Crippen molar-refractivity contribution in [2.75, 3.05) is 19.0 Å². The minimum Gasteiger partial charge on any atom is -0.305 e. The molecule has 4 nitrogen and oxygen atoms in total. The SMILES string of the molecule is CCOP(=O)(OCC)/C(=C/c1ccncc1)C(=S)SCC. The Balaban J connectivity index is 3.26. The van der Waals surface area contributed by atoms with E-state index in [0.717, 1.165) is 11.3 Å². The lowest BCUT2D eigenvalue weighted by molar-refractivity contribution is 0.228. The predicted molar refractivity (Wildman–Crippen MR) is 93.8 cm³/mol. The summed E-state index contributed by atoms with van der Waals surface area (Å²) >= 11 is 6.85. The molecule has 0 amide bonds. The molecular formula is C14H20NO3PS2. The van der Waals surface area contributed by atoms with Gasteiger partial charge in [-0.1, -0.05) is 19.1 Å². The van der Waals surface area contributed by atoms with Crippen molar-refractivity contribution in [2.24, 2.45) is 0 Å². The molecule has 1 aromatic rings. The van der Waals surface area contributed by atoms with E-state index in [0.29, 0.717) is 22.7 Å². The first-order valence-corrected chi connectivity index (χ1v) is 9.69. The Labute approximate surface area is 135 Å². The quantitative estimate of drug-likeness (QED) is 0.384. The number of hydrogen-bond donors (Lipinski definition) is 0. The summed E-state index contributed by atoms with van der Waals surface area (Å²) in [7, 11) is -3.40. The van der Waals surface area contributed by atoms with E-state index < -0.39 is 7.60 Å². The van der Waals surface area contributed by atoms with Crippen molar-refractivity contribution in [3.63, 3.8) is 0 Å². The van der Waals surface area contributed by atoms with Gasteiger partial charge in [-0.05, 0) is 43.4 Å². The highest BCUT2D eigenvalue weighted by atomic mass is 32.2. The van der Waals surface area contributed by atoms with Crippen molar-refractivity contribution in [1.82, 2.24) is 4.98 Å². The highest BCUT2D eigenvalue weighted by molar-refractivity contribution is 8.24. The number of pyridine rings is 1. The van der Waals surface area contributed by atoms with E-state index >= 15 is 0 Å². The Morgan fingerprint density at radius 2 is 1.86 bits per heavy atom. The molecule has 1 rings (SSSR count). The molecule has 7 heteroatoms. The number of thiocarbonyl (C=S) groups is 1. The molecule has 0 N–H and O–H groups in total. The molecule has 0 unspecified atom stereocenters. The van der Waals surface area contributed by atoms with Gasteiger partial charge in [0.1, 0.15) is 0 Å². The number of rotatable bonds is 8. The second kappa shape index (κ2) is 9.49. The van der Waals surface area contributed by atoms with Crippen LogP contribution in [0.15, 0.2) is 29.8 Å². The van der Waals surface area contributed by atoms with Crippen LogP contribution in [0.5, 0.6) is 0 Å². The fourth-order valence-corrected chi connectivity index (χ4v) is 4.90. The van der Waals surface area contributed by atoms with Gasteiger partial charge in [-0.25, -0.2) is 0 Å². The molecule has 0 radical (unpaired) electrons. The first-order chi connectivity index (χ1) is 10.1. The molecule has 0 aromatic carbocycles. The molecular weight excluding hydrogens is 325 g/mol. The van der Waals surface area contributed by atoms with Gasteiger partial charge in [-0.2, -0.15) is 0 Å². The van der Waals surface area contributed by atoms with Gasteiger partial charge in [-0.15, -0.1) is 11.8 Å². The largest absolute Gasteiger partial charge is 0.363 e. The van der Waals surface area contributed by atoms with E-state index in [-0.39, 0.29) is 0 Å². The van der Waals surface area contributed by atoms with Crippen LogP contribution in [0.3, 0.4) is 0 Å². The van der Waals surface area contributed by atoms with Gasteiger partial charge in [0.2, 0.25) is 0 Å². The molecule has 0 aliphatic rings. The Morgan fingerprint density at radius 1 is 1.29 bits per heavy atom. The predicted octanol–water partition coefficient (Wildman–Crippen LogP) is 4.77. The summed E-state index contributed by atoms with van der Waals surface area (Å²) in [4.78, 5) is 3.97. The topological polar surface area (TPSA) is 48.4 Å². The number of nitrogens with zero attached hydrogens (tertiary/aromatic N) is 1. The summed E-state index contributed by atoms with van der Waals surface area (Å²) in [5, 5.41) is 0.444. The van der Waals surface area contributed by atoms with Crippen LogP contribution in [-0.2, 0) is 13.6 Å². The highest BCUT2D eigenvalue weighted by Gasteiger charge is 2.32. The van der Waals surface area contributed by atoms with Crippen molar-refractivity contribution in [3.8, 4) is 0 Å². The normalized spacial score (nSPS) is 12.4. The van der Waals surface area contributed by atoms with Gasteiger partial charge in [0, 0.05) is 12.4 Å². The number of thioether (sulfide) groups is 1. The van der Waals surface area contributed by atoms with Crippen LogP contribution in [0.1, 0.15) is 26.3 Å². The molecule has 0 bridgehead atoms. The maximum Gasteiger partial charge on any atom is 0.363 e. The van der Waals surface area contributed by atoms with Crippen LogP contribution in [0.25, 0.3) is 6.08 Å². The zero-order valence-electron chi connectivity index (χ0n) is 12.4. The summed E-state index contributed by atoms with van der Waals surface area (Å²) in [6.45, 7) is 6.15. The summed E-state index contributed by atoms with van der Waals surface area (Å²) in [5.41, 5.74) is 0.860. The molecule has 0 aliphatic heterocycles. The zero-order chi connectivity index (χ0) is 15.7. The third kappa shape index (κ3) is 5.64. The minimum atomic E-state index is -3.40. The molecule has 21 heavy (non-hydrogen) atoms. The van der Waals surface area contributed by atoms with Gasteiger partial charge in [0.15, 0.2) is 0 Å². The summed E-state index contributed by atoms with van der Waals surface area (Å²) in [5.74, 6) is 0.796. The molecule has 0 aliphatic carbocycles. The molecule has 1 heterocycles. The second-order valence-electron chi connectivity index (χ2n) is 3.86. The van der Waals surface area contributed by atoms with Crippen molar-refractivity contribution in [3.05, 3.63) is 35.4 Å². The standard InChI is InChI=1S/C14H20NO3PS2/c1-4-17-19(16,18-5-2)13(14(20)21-6-3)11-12-7-9-15-10-8-12/h7-11H,4-6H2,1-3H3/b13-11+. The van der Waals surface area contributed by atoms with Crippen molar-refractivity contribution >= 4 is 41.8 Å². The van der Waals surface area contributed by atoms with E-state index in [1.165, 1.54) is 11.8 Å². The Morgan fingerprint density at radius 3 is 2.33 bits per heavy atom. The van der Waals surface area contributed by atoms with E-state index in [9.17, 15) is 4.57 Å². The van der Waals surface area contributed by atoms with Crippen LogP contribution in [0.2, 0.25) is 0 Å². The molecule has 0 saturated heterocycles. The Bertz CT molecular complexity index is 524. The van der Waals surface area contributed by atoms with E-state index in [1.807, 2.05) is 19.1 Å². The third-order valence-corrected chi connectivity index (χ3v) is 6.17. The van der Waals surface area contributed by atoms with Crippen molar-refractivity contribution < 1.29 is 13.6 Å². The van der Waals surface area contributed by atoms with Crippen LogP contribution in [-0.4, -0.2) is 28.1 Å². The van der Waals surface area contributed by atoms with Gasteiger partial charge >= 0.3 is 7.60 Å². The van der Waals surface area contributed by atoms with E-state index in [1.54, 1.807) is 32.3 Å². The lowest BCUT2D eigenvalue weighted by Crippen LogP contribution is -2.04. The Hall–Kier alpha value is -0.520. The number of aromatic nitrogens is 1. The van der Waals surface area contributed by atoms with Crippen molar-refractivity contribution in [2.45, 2.75) is 20.8 Å². The zero-order valence-corrected chi connectivity index (χ0v) is 15.0. The first kappa shape index (κ1) is 18.5. The van der Waals surface area contributed by atoms with Crippen LogP contribution >= 0.6 is 31.6 Å². The van der Waals surface area contributed by atoms with Crippen LogP contribution in [0, 0.1) is 0 Å². The van der Waals surface area contributed by atoms with Crippen LogP contribution in [0.4, 0.5) is 0 Å². The monoisotopic (exact) mass is 345 g/mol. The molecule has 1 aromatic heterocycles. The summed E-state index contributed by atoms with van der Waals surface area (Å²) in [6.07, 6.45) is 5.11. The van der Waals surface area contributed by atoms with Gasteiger partial charge in [0.25, 0.3) is 0 Å². The first-order valence-electron chi connectivity index (χ1n) is 6.75. The van der Waals surface area contributed by atoms with E-state index in [4.69, 9.17) is 21.3 Å². The summed E-state index contributed by atoms with van der Waals surface area (Å²) < 4.78 is 24.4. The maximum atomic E-state index is 13.0. The highest BCUT2D eigenvalue weighted by Crippen LogP contribution is 2.58. The lowest BCUT2D eigenvalue weighted by Gasteiger charge is -2.20. The fourth-order valence-electron chi connectivity index (χ4n) is 1.59. The molecule has 116 valence electrons. The minimum absolute atomic E-state index is 0.296.